The lowest BCUT2D eigenvalue weighted by Crippen LogP contribution is -2.67. The van der Waals surface area contributed by atoms with Crippen LogP contribution >= 0.6 is 0 Å². The Balaban J connectivity index is 1.82. The van der Waals surface area contributed by atoms with E-state index in [1.54, 1.807) is 6.07 Å². The SMILES string of the molecule is COC(=O)c1ccccc1NC1C2CCCOC2C1(C)C. The van der Waals surface area contributed by atoms with E-state index in [0.717, 1.165) is 18.7 Å². The summed E-state index contributed by atoms with van der Waals surface area (Å²) in [6, 6.07) is 7.87. The van der Waals surface area contributed by atoms with Crippen molar-refractivity contribution in [2.45, 2.75) is 38.8 Å². The summed E-state index contributed by atoms with van der Waals surface area (Å²) in [6.07, 6.45) is 2.63. The van der Waals surface area contributed by atoms with Crippen molar-refractivity contribution in [2.24, 2.45) is 11.3 Å². The highest BCUT2D eigenvalue weighted by Gasteiger charge is 2.58. The fourth-order valence-corrected chi connectivity index (χ4v) is 3.88. The quantitative estimate of drug-likeness (QED) is 0.869. The molecule has 114 valence electrons. The molecule has 1 aromatic rings. The molecular weight excluding hydrogens is 266 g/mol. The summed E-state index contributed by atoms with van der Waals surface area (Å²) in [5, 5.41) is 3.57. The topological polar surface area (TPSA) is 47.6 Å². The number of methoxy groups -OCH3 is 1. The summed E-state index contributed by atoms with van der Waals surface area (Å²) in [5.41, 5.74) is 1.52. The smallest absolute Gasteiger partial charge is 0.339 e. The largest absolute Gasteiger partial charge is 0.465 e. The molecule has 3 rings (SSSR count). The summed E-state index contributed by atoms with van der Waals surface area (Å²) in [7, 11) is 1.41. The highest BCUT2D eigenvalue weighted by Crippen LogP contribution is 2.52. The molecule has 3 unspecified atom stereocenters. The third-order valence-corrected chi connectivity index (χ3v) is 4.97. The molecule has 1 aliphatic heterocycles. The first-order valence-corrected chi connectivity index (χ1v) is 7.61. The maximum absolute atomic E-state index is 11.9. The number of hydrogen-bond acceptors (Lipinski definition) is 4. The van der Waals surface area contributed by atoms with E-state index in [2.05, 4.69) is 19.2 Å². The molecule has 1 saturated heterocycles. The van der Waals surface area contributed by atoms with E-state index in [9.17, 15) is 4.79 Å². The van der Waals surface area contributed by atoms with Crippen LogP contribution in [0.25, 0.3) is 0 Å². The van der Waals surface area contributed by atoms with Gasteiger partial charge in [-0.1, -0.05) is 26.0 Å². The fourth-order valence-electron chi connectivity index (χ4n) is 3.88. The number of nitrogens with one attached hydrogen (secondary N) is 1. The molecular formula is C17H23NO3. The molecule has 1 aliphatic carbocycles. The maximum atomic E-state index is 11.9. The van der Waals surface area contributed by atoms with Gasteiger partial charge in [0.05, 0.1) is 18.8 Å². The molecule has 2 fully saturated rings. The first-order chi connectivity index (χ1) is 10.1. The number of anilines is 1. The van der Waals surface area contributed by atoms with E-state index in [0.29, 0.717) is 23.6 Å². The highest BCUT2D eigenvalue weighted by atomic mass is 16.5. The third kappa shape index (κ3) is 2.31. The van der Waals surface area contributed by atoms with Gasteiger partial charge in [0.25, 0.3) is 0 Å². The lowest BCUT2D eigenvalue weighted by Gasteiger charge is -2.60. The number of esters is 1. The Morgan fingerprint density at radius 1 is 1.38 bits per heavy atom. The van der Waals surface area contributed by atoms with E-state index < -0.39 is 0 Å². The molecule has 4 nitrogen and oxygen atoms in total. The van der Waals surface area contributed by atoms with Crippen molar-refractivity contribution < 1.29 is 14.3 Å². The van der Waals surface area contributed by atoms with Crippen LogP contribution in [0.5, 0.6) is 0 Å². The molecule has 0 amide bonds. The molecule has 0 aromatic heterocycles. The summed E-state index contributed by atoms with van der Waals surface area (Å²) in [5.74, 6) is 0.228. The first-order valence-electron chi connectivity index (χ1n) is 7.61. The number of benzene rings is 1. The second kappa shape index (κ2) is 5.34. The van der Waals surface area contributed by atoms with Gasteiger partial charge in [0.1, 0.15) is 0 Å². The average Bonchev–Trinajstić information content (AvgIpc) is 2.52. The minimum Gasteiger partial charge on any atom is -0.465 e. The van der Waals surface area contributed by atoms with Crippen LogP contribution in [-0.2, 0) is 9.47 Å². The molecule has 0 bridgehead atoms. The minimum absolute atomic E-state index is 0.0777. The summed E-state index contributed by atoms with van der Waals surface area (Å²) >= 11 is 0. The van der Waals surface area contributed by atoms with Gasteiger partial charge in [0.2, 0.25) is 0 Å². The van der Waals surface area contributed by atoms with Crippen LogP contribution < -0.4 is 5.32 Å². The minimum atomic E-state index is -0.299. The second-order valence-electron chi connectivity index (χ2n) is 6.58. The van der Waals surface area contributed by atoms with Crippen molar-refractivity contribution in [1.82, 2.24) is 0 Å². The van der Waals surface area contributed by atoms with Gasteiger partial charge in [0, 0.05) is 29.7 Å². The third-order valence-electron chi connectivity index (χ3n) is 4.97. The molecule has 2 aliphatic rings. The number of para-hydroxylation sites is 1. The van der Waals surface area contributed by atoms with E-state index in [1.807, 2.05) is 18.2 Å². The zero-order valence-electron chi connectivity index (χ0n) is 12.9. The average molecular weight is 289 g/mol. The molecule has 21 heavy (non-hydrogen) atoms. The Kier molecular flexibility index (Phi) is 3.66. The number of fused-ring (bicyclic) bond motifs is 1. The Morgan fingerprint density at radius 3 is 2.90 bits per heavy atom. The van der Waals surface area contributed by atoms with Crippen molar-refractivity contribution in [3.8, 4) is 0 Å². The van der Waals surface area contributed by atoms with Crippen LogP contribution in [-0.4, -0.2) is 31.8 Å². The zero-order chi connectivity index (χ0) is 15.0. The van der Waals surface area contributed by atoms with Gasteiger partial charge in [-0.2, -0.15) is 0 Å². The molecule has 1 heterocycles. The molecule has 3 atom stereocenters. The van der Waals surface area contributed by atoms with Crippen molar-refractivity contribution in [2.75, 3.05) is 19.0 Å². The zero-order valence-corrected chi connectivity index (χ0v) is 12.9. The van der Waals surface area contributed by atoms with Crippen LogP contribution in [0.3, 0.4) is 0 Å². The Morgan fingerprint density at radius 2 is 2.14 bits per heavy atom. The van der Waals surface area contributed by atoms with Crippen molar-refractivity contribution in [1.29, 1.82) is 0 Å². The van der Waals surface area contributed by atoms with Crippen molar-refractivity contribution >= 4 is 11.7 Å². The monoisotopic (exact) mass is 289 g/mol. The number of hydrogen-bond donors (Lipinski definition) is 1. The number of rotatable bonds is 3. The summed E-state index contributed by atoms with van der Waals surface area (Å²) in [4.78, 5) is 11.9. The Hall–Kier alpha value is -1.55. The fraction of sp³-hybridized carbons (Fsp3) is 0.588. The van der Waals surface area contributed by atoms with E-state index in [4.69, 9.17) is 9.47 Å². The van der Waals surface area contributed by atoms with Crippen LogP contribution in [0.4, 0.5) is 5.69 Å². The first kappa shape index (κ1) is 14.4. The Bertz CT molecular complexity index is 541. The Labute approximate surface area is 125 Å². The predicted molar refractivity (Wildman–Crippen MR) is 81.4 cm³/mol. The predicted octanol–water partition coefficient (Wildman–Crippen LogP) is 3.09. The van der Waals surface area contributed by atoms with Crippen molar-refractivity contribution in [3.05, 3.63) is 29.8 Å². The van der Waals surface area contributed by atoms with Crippen molar-refractivity contribution in [3.63, 3.8) is 0 Å². The van der Waals surface area contributed by atoms with E-state index >= 15 is 0 Å². The number of carbonyl (C=O) groups is 1. The lowest BCUT2D eigenvalue weighted by atomic mass is 9.55. The van der Waals surface area contributed by atoms with Crippen LogP contribution in [0.2, 0.25) is 0 Å². The van der Waals surface area contributed by atoms with E-state index in [-0.39, 0.29) is 11.4 Å². The molecule has 1 N–H and O–H groups in total. The van der Waals surface area contributed by atoms with Gasteiger partial charge in [-0.05, 0) is 25.0 Å². The van der Waals surface area contributed by atoms with Gasteiger partial charge < -0.3 is 14.8 Å². The molecule has 1 aromatic carbocycles. The van der Waals surface area contributed by atoms with Gasteiger partial charge in [-0.25, -0.2) is 4.79 Å². The summed E-state index contributed by atoms with van der Waals surface area (Å²) in [6.45, 7) is 5.34. The molecule has 1 saturated carbocycles. The van der Waals surface area contributed by atoms with Gasteiger partial charge >= 0.3 is 5.97 Å². The van der Waals surface area contributed by atoms with Crippen LogP contribution in [0.1, 0.15) is 37.0 Å². The van der Waals surface area contributed by atoms with Gasteiger partial charge in [-0.15, -0.1) is 0 Å². The normalized spacial score (nSPS) is 30.0. The summed E-state index contributed by atoms with van der Waals surface area (Å²) < 4.78 is 10.8. The lowest BCUT2D eigenvalue weighted by molar-refractivity contribution is -0.177. The molecule has 4 heteroatoms. The maximum Gasteiger partial charge on any atom is 0.339 e. The molecule has 0 spiro atoms. The molecule has 0 radical (unpaired) electrons. The number of ether oxygens (including phenoxy) is 2. The number of carbonyl (C=O) groups excluding carboxylic acids is 1. The standard InChI is InChI=1S/C17H23NO3/c1-17(2)14(12-8-6-10-21-15(12)17)18-13-9-5-4-7-11(13)16(19)20-3/h4-5,7,9,12,14-15,18H,6,8,10H2,1-3H3. The van der Waals surface area contributed by atoms with Crippen LogP contribution in [0.15, 0.2) is 24.3 Å². The van der Waals surface area contributed by atoms with Gasteiger partial charge in [-0.3, -0.25) is 0 Å². The second-order valence-corrected chi connectivity index (χ2v) is 6.58. The van der Waals surface area contributed by atoms with Gasteiger partial charge in [0.15, 0.2) is 0 Å². The van der Waals surface area contributed by atoms with Crippen LogP contribution in [0, 0.1) is 11.3 Å². The highest BCUT2D eigenvalue weighted by molar-refractivity contribution is 5.95. The van der Waals surface area contributed by atoms with E-state index in [1.165, 1.54) is 13.5 Å².